The molecule has 0 atom stereocenters. The summed E-state index contributed by atoms with van der Waals surface area (Å²) in [6.45, 7) is 0. The highest BCUT2D eigenvalue weighted by molar-refractivity contribution is 7.25. The predicted octanol–water partition coefficient (Wildman–Crippen LogP) is 13.9. The monoisotopic (exact) mass is 746 g/mol. The summed E-state index contributed by atoms with van der Waals surface area (Å²) >= 11 is 1.79. The van der Waals surface area contributed by atoms with E-state index in [2.05, 4.69) is 156 Å². The molecule has 0 amide bonds. The fraction of sp³-hybridized carbons (Fsp3) is 0. The Morgan fingerprint density at radius 2 is 0.947 bits per heavy atom. The molecule has 12 aromatic rings. The summed E-state index contributed by atoms with van der Waals surface area (Å²) in [5, 5.41) is 7.01. The van der Waals surface area contributed by atoms with Crippen molar-refractivity contribution < 1.29 is 4.42 Å². The lowest BCUT2D eigenvalue weighted by Gasteiger charge is -2.10. The van der Waals surface area contributed by atoms with Gasteiger partial charge in [-0.2, -0.15) is 0 Å². The van der Waals surface area contributed by atoms with Crippen molar-refractivity contribution in [3.63, 3.8) is 0 Å². The summed E-state index contributed by atoms with van der Waals surface area (Å²) in [4.78, 5) is 15.2. The number of aromatic nitrogens is 4. The van der Waals surface area contributed by atoms with Crippen LogP contribution in [0.25, 0.3) is 115 Å². The van der Waals surface area contributed by atoms with Crippen LogP contribution in [0, 0.1) is 0 Å². The van der Waals surface area contributed by atoms with E-state index in [1.54, 1.807) is 11.3 Å². The second kappa shape index (κ2) is 12.6. The van der Waals surface area contributed by atoms with Crippen LogP contribution in [0.2, 0.25) is 0 Å². The molecule has 4 aromatic heterocycles. The molecule has 0 aliphatic carbocycles. The molecule has 266 valence electrons. The Balaban J connectivity index is 1.03. The molecule has 0 N–H and O–H groups in total. The Labute approximate surface area is 330 Å². The first-order valence-corrected chi connectivity index (χ1v) is 19.8. The predicted molar refractivity (Wildman–Crippen MR) is 236 cm³/mol. The van der Waals surface area contributed by atoms with Crippen molar-refractivity contribution in [2.45, 2.75) is 0 Å². The number of rotatable bonds is 5. The van der Waals surface area contributed by atoms with Crippen LogP contribution in [0.1, 0.15) is 0 Å². The number of para-hydroxylation sites is 1. The summed E-state index contributed by atoms with van der Waals surface area (Å²) in [5.74, 6) is 1.85. The topological polar surface area (TPSA) is 56.7 Å². The minimum absolute atomic E-state index is 0.593. The standard InChI is InChI=1S/C51H30N4OS/c1-3-11-31(12-4-1)32-19-23-36(24-20-32)55-42-17-9-7-15-37(42)40-27-28-43-47(48(40)55)41-26-22-34(29-44(41)56-43)50-52-49(33-13-5-2-6-14-33)53-51(54-50)35-21-25-39-38-16-8-10-18-45(38)57-46(39)30-35/h1-30H. The van der Waals surface area contributed by atoms with Crippen molar-refractivity contribution in [2.24, 2.45) is 0 Å². The molecule has 0 aliphatic rings. The van der Waals surface area contributed by atoms with Crippen molar-refractivity contribution in [1.29, 1.82) is 0 Å². The van der Waals surface area contributed by atoms with Gasteiger partial charge in [-0.3, -0.25) is 0 Å². The smallest absolute Gasteiger partial charge is 0.164 e. The molecule has 0 unspecified atom stereocenters. The van der Waals surface area contributed by atoms with Crippen molar-refractivity contribution in [3.05, 3.63) is 182 Å². The minimum atomic E-state index is 0.593. The quantitative estimate of drug-likeness (QED) is 0.176. The Morgan fingerprint density at radius 3 is 1.72 bits per heavy atom. The average molecular weight is 747 g/mol. The van der Waals surface area contributed by atoms with Crippen molar-refractivity contribution in [3.8, 4) is 51.0 Å². The zero-order valence-corrected chi connectivity index (χ0v) is 31.2. The number of hydrogen-bond acceptors (Lipinski definition) is 5. The minimum Gasteiger partial charge on any atom is -0.456 e. The Kier molecular flexibility index (Phi) is 7.03. The summed E-state index contributed by atoms with van der Waals surface area (Å²) in [5.41, 5.74) is 10.1. The highest BCUT2D eigenvalue weighted by atomic mass is 32.1. The average Bonchev–Trinajstić information content (AvgIpc) is 3.96. The lowest BCUT2D eigenvalue weighted by atomic mass is 10.0. The lowest BCUT2D eigenvalue weighted by molar-refractivity contribution is 0.669. The second-order valence-corrected chi connectivity index (χ2v) is 15.5. The zero-order chi connectivity index (χ0) is 37.5. The molecule has 12 rings (SSSR count). The van der Waals surface area contributed by atoms with Crippen LogP contribution in [0.4, 0.5) is 0 Å². The Bertz CT molecular complexity index is 3510. The number of thiophene rings is 1. The maximum absolute atomic E-state index is 6.71. The summed E-state index contributed by atoms with van der Waals surface area (Å²) in [7, 11) is 0. The fourth-order valence-corrected chi connectivity index (χ4v) is 9.52. The third kappa shape index (κ3) is 5.12. The first-order valence-electron chi connectivity index (χ1n) is 19.0. The van der Waals surface area contributed by atoms with Gasteiger partial charge in [-0.25, -0.2) is 15.0 Å². The molecule has 6 heteroatoms. The van der Waals surface area contributed by atoms with Gasteiger partial charge in [0, 0.05) is 58.7 Å². The second-order valence-electron chi connectivity index (χ2n) is 14.4. The Morgan fingerprint density at radius 1 is 0.386 bits per heavy atom. The van der Waals surface area contributed by atoms with Gasteiger partial charge < -0.3 is 8.98 Å². The lowest BCUT2D eigenvalue weighted by Crippen LogP contribution is -2.00. The van der Waals surface area contributed by atoms with E-state index in [4.69, 9.17) is 19.4 Å². The molecule has 0 bridgehead atoms. The number of nitrogens with zero attached hydrogens (tertiary/aromatic N) is 4. The van der Waals surface area contributed by atoms with Crippen molar-refractivity contribution in [1.82, 2.24) is 19.5 Å². The van der Waals surface area contributed by atoms with Crippen LogP contribution in [0.15, 0.2) is 186 Å². The van der Waals surface area contributed by atoms with Gasteiger partial charge in [0.2, 0.25) is 0 Å². The van der Waals surface area contributed by atoms with E-state index in [9.17, 15) is 0 Å². The first kappa shape index (κ1) is 31.9. The van der Waals surface area contributed by atoms with Gasteiger partial charge in [-0.05, 0) is 65.7 Å². The molecular weight excluding hydrogens is 717 g/mol. The number of benzene rings is 8. The molecule has 0 radical (unpaired) electrons. The maximum atomic E-state index is 6.71. The third-order valence-electron chi connectivity index (χ3n) is 11.1. The SMILES string of the molecule is c1ccc(-c2ccc(-n3c4ccccc4c4ccc5oc6cc(-c7nc(-c8ccccc8)nc(-c8ccc9c(c8)sc8ccccc89)n7)ccc6c5c43)cc2)cc1. The van der Waals surface area contributed by atoms with Crippen LogP contribution in [-0.4, -0.2) is 19.5 Å². The summed E-state index contributed by atoms with van der Waals surface area (Å²) in [6.07, 6.45) is 0. The van der Waals surface area contributed by atoms with E-state index >= 15 is 0 Å². The van der Waals surface area contributed by atoms with Crippen molar-refractivity contribution in [2.75, 3.05) is 0 Å². The number of hydrogen-bond donors (Lipinski definition) is 0. The highest BCUT2D eigenvalue weighted by Crippen LogP contribution is 2.42. The van der Waals surface area contributed by atoms with Crippen LogP contribution in [0.5, 0.6) is 0 Å². The van der Waals surface area contributed by atoms with E-state index in [1.165, 1.54) is 42.1 Å². The van der Waals surface area contributed by atoms with Gasteiger partial charge in [-0.15, -0.1) is 11.3 Å². The van der Waals surface area contributed by atoms with Crippen LogP contribution < -0.4 is 0 Å². The largest absolute Gasteiger partial charge is 0.456 e. The van der Waals surface area contributed by atoms with Gasteiger partial charge in [0.15, 0.2) is 17.5 Å². The molecule has 0 spiro atoms. The first-order chi connectivity index (χ1) is 28.2. The Hall–Kier alpha value is -7.41. The fourth-order valence-electron chi connectivity index (χ4n) is 8.37. The highest BCUT2D eigenvalue weighted by Gasteiger charge is 2.21. The van der Waals surface area contributed by atoms with E-state index < -0.39 is 0 Å². The molecule has 0 aliphatic heterocycles. The molecule has 0 saturated heterocycles. The summed E-state index contributed by atoms with van der Waals surface area (Å²) in [6, 6.07) is 63.8. The normalized spacial score (nSPS) is 11.9. The van der Waals surface area contributed by atoms with Crippen LogP contribution in [0.3, 0.4) is 0 Å². The van der Waals surface area contributed by atoms with E-state index in [1.807, 2.05) is 30.3 Å². The van der Waals surface area contributed by atoms with Crippen LogP contribution in [-0.2, 0) is 0 Å². The summed E-state index contributed by atoms with van der Waals surface area (Å²) < 4.78 is 11.6. The zero-order valence-electron chi connectivity index (χ0n) is 30.4. The van der Waals surface area contributed by atoms with Gasteiger partial charge in [0.1, 0.15) is 11.2 Å². The molecule has 8 aromatic carbocycles. The molecule has 4 heterocycles. The van der Waals surface area contributed by atoms with E-state index in [0.29, 0.717) is 17.5 Å². The number of fused-ring (bicyclic) bond motifs is 10. The third-order valence-corrected chi connectivity index (χ3v) is 12.2. The molecule has 0 fully saturated rings. The van der Waals surface area contributed by atoms with Gasteiger partial charge in [0.05, 0.1) is 16.4 Å². The molecule has 0 saturated carbocycles. The van der Waals surface area contributed by atoms with Crippen LogP contribution >= 0.6 is 11.3 Å². The molecule has 5 nitrogen and oxygen atoms in total. The molecular formula is C51H30N4OS. The maximum Gasteiger partial charge on any atom is 0.164 e. The number of furan rings is 1. The van der Waals surface area contributed by atoms with E-state index in [0.717, 1.165) is 55.3 Å². The van der Waals surface area contributed by atoms with Crippen molar-refractivity contribution >= 4 is 75.3 Å². The van der Waals surface area contributed by atoms with Gasteiger partial charge in [0.25, 0.3) is 0 Å². The van der Waals surface area contributed by atoms with Gasteiger partial charge in [-0.1, -0.05) is 127 Å². The van der Waals surface area contributed by atoms with Gasteiger partial charge >= 0.3 is 0 Å². The molecule has 57 heavy (non-hydrogen) atoms. The van der Waals surface area contributed by atoms with E-state index in [-0.39, 0.29) is 0 Å².